The molecule has 0 spiro atoms. The minimum absolute atomic E-state index is 0.120. The molecule has 0 amide bonds. The smallest absolute Gasteiger partial charge is 0.317 e. The quantitative estimate of drug-likeness (QED) is 0.898. The zero-order valence-corrected chi connectivity index (χ0v) is 13.0. The Morgan fingerprint density at radius 2 is 2.32 bits per heavy atom. The molecule has 0 radical (unpaired) electrons. The molecule has 2 atom stereocenters. The molecule has 104 valence electrons. The predicted molar refractivity (Wildman–Crippen MR) is 79.3 cm³/mol. The van der Waals surface area contributed by atoms with Gasteiger partial charge in [-0.3, -0.25) is 9.69 Å². The summed E-state index contributed by atoms with van der Waals surface area (Å²) in [4.78, 5) is 13.2. The first kappa shape index (κ1) is 14.5. The maximum atomic E-state index is 11.1. The Balaban J connectivity index is 2.27. The zero-order valence-electron chi connectivity index (χ0n) is 11.4. The number of carboxylic acids is 1. The van der Waals surface area contributed by atoms with Crippen LogP contribution in [0.2, 0.25) is 0 Å². The van der Waals surface area contributed by atoms with Crippen molar-refractivity contribution in [2.75, 3.05) is 6.54 Å². The summed E-state index contributed by atoms with van der Waals surface area (Å²) in [6, 6.07) is 6.87. The van der Waals surface area contributed by atoms with Gasteiger partial charge in [0.25, 0.3) is 0 Å². The number of hydrogen-bond donors (Lipinski definition) is 1. The highest BCUT2D eigenvalue weighted by Gasteiger charge is 2.31. The van der Waals surface area contributed by atoms with Gasteiger partial charge in [-0.15, -0.1) is 0 Å². The summed E-state index contributed by atoms with van der Waals surface area (Å²) in [6.45, 7) is 4.34. The third-order valence-corrected chi connectivity index (χ3v) is 4.52. The van der Waals surface area contributed by atoms with E-state index in [0.717, 1.165) is 23.7 Å². The first-order valence-corrected chi connectivity index (χ1v) is 7.58. The van der Waals surface area contributed by atoms with Crippen molar-refractivity contribution in [3.63, 3.8) is 0 Å². The second-order valence-corrected chi connectivity index (χ2v) is 6.14. The van der Waals surface area contributed by atoms with E-state index in [1.807, 2.05) is 6.07 Å². The lowest BCUT2D eigenvalue weighted by Crippen LogP contribution is -2.39. The topological polar surface area (TPSA) is 40.5 Å². The van der Waals surface area contributed by atoms with Gasteiger partial charge < -0.3 is 5.11 Å². The number of halogens is 1. The van der Waals surface area contributed by atoms with Gasteiger partial charge in [0.05, 0.1) is 6.54 Å². The zero-order chi connectivity index (χ0) is 14.0. The summed E-state index contributed by atoms with van der Waals surface area (Å²) in [5.41, 5.74) is 2.64. The molecular weight excluding hydrogens is 306 g/mol. The average Bonchev–Trinajstić information content (AvgIpc) is 2.77. The highest BCUT2D eigenvalue weighted by molar-refractivity contribution is 9.10. The van der Waals surface area contributed by atoms with Crippen molar-refractivity contribution in [1.82, 2.24) is 4.90 Å². The molecular formula is C15H20BrNO2. The molecule has 2 rings (SSSR count). The van der Waals surface area contributed by atoms with Crippen LogP contribution in [0.1, 0.15) is 43.9 Å². The molecule has 1 aliphatic carbocycles. The van der Waals surface area contributed by atoms with Crippen molar-refractivity contribution in [1.29, 1.82) is 0 Å². The molecule has 0 heterocycles. The normalized spacial score (nSPS) is 19.5. The van der Waals surface area contributed by atoms with Crippen LogP contribution >= 0.6 is 15.9 Å². The number of fused-ring (bicyclic) bond motifs is 1. The van der Waals surface area contributed by atoms with Crippen LogP contribution in [0.3, 0.4) is 0 Å². The molecule has 1 aromatic carbocycles. The van der Waals surface area contributed by atoms with Crippen LogP contribution in [0.4, 0.5) is 0 Å². The van der Waals surface area contributed by atoms with Crippen LogP contribution in [-0.4, -0.2) is 28.6 Å². The number of hydrogen-bond acceptors (Lipinski definition) is 2. The average molecular weight is 326 g/mol. The number of carbonyl (C=O) groups is 1. The van der Waals surface area contributed by atoms with Crippen molar-refractivity contribution in [3.8, 4) is 0 Å². The molecule has 4 heteroatoms. The summed E-state index contributed by atoms with van der Waals surface area (Å²) in [7, 11) is 0. The number of rotatable bonds is 5. The van der Waals surface area contributed by atoms with E-state index in [-0.39, 0.29) is 18.6 Å². The second-order valence-electron chi connectivity index (χ2n) is 5.22. The van der Waals surface area contributed by atoms with Crippen molar-refractivity contribution in [3.05, 3.63) is 33.8 Å². The van der Waals surface area contributed by atoms with Crippen molar-refractivity contribution < 1.29 is 9.90 Å². The van der Waals surface area contributed by atoms with Gasteiger partial charge >= 0.3 is 5.97 Å². The molecule has 0 fully saturated rings. The molecule has 1 N–H and O–H groups in total. The molecule has 0 aliphatic heterocycles. The van der Waals surface area contributed by atoms with E-state index >= 15 is 0 Å². The van der Waals surface area contributed by atoms with Gasteiger partial charge in [-0.1, -0.05) is 28.9 Å². The van der Waals surface area contributed by atoms with E-state index in [9.17, 15) is 4.79 Å². The number of aryl methyl sites for hydroxylation is 1. The predicted octanol–water partition coefficient (Wildman–Crippen LogP) is 3.62. The lowest BCUT2D eigenvalue weighted by atomic mass is 10.0. The van der Waals surface area contributed by atoms with Gasteiger partial charge in [0.2, 0.25) is 0 Å². The summed E-state index contributed by atoms with van der Waals surface area (Å²) >= 11 is 3.50. The third-order valence-electron chi connectivity index (χ3n) is 4.03. The van der Waals surface area contributed by atoms with Crippen LogP contribution in [0.15, 0.2) is 22.7 Å². The fraction of sp³-hybridized carbons (Fsp3) is 0.533. The Labute approximate surface area is 122 Å². The van der Waals surface area contributed by atoms with Crippen LogP contribution in [0, 0.1) is 0 Å². The maximum Gasteiger partial charge on any atom is 0.317 e. The Morgan fingerprint density at radius 3 is 2.95 bits per heavy atom. The van der Waals surface area contributed by atoms with Gasteiger partial charge in [0, 0.05) is 16.6 Å². The Kier molecular flexibility index (Phi) is 4.63. The molecule has 3 nitrogen and oxygen atoms in total. The van der Waals surface area contributed by atoms with E-state index in [1.165, 1.54) is 11.1 Å². The fourth-order valence-corrected chi connectivity index (χ4v) is 3.28. The molecule has 0 aromatic heterocycles. The highest BCUT2D eigenvalue weighted by Crippen LogP contribution is 2.38. The van der Waals surface area contributed by atoms with Crippen LogP contribution in [-0.2, 0) is 11.2 Å². The lowest BCUT2D eigenvalue weighted by molar-refractivity contribution is -0.139. The van der Waals surface area contributed by atoms with E-state index < -0.39 is 5.97 Å². The largest absolute Gasteiger partial charge is 0.480 e. The Morgan fingerprint density at radius 1 is 1.58 bits per heavy atom. The van der Waals surface area contributed by atoms with Gasteiger partial charge in [0.1, 0.15) is 0 Å². The Bertz CT molecular complexity index is 475. The lowest BCUT2D eigenvalue weighted by Gasteiger charge is -2.33. The fourth-order valence-electron chi connectivity index (χ4n) is 2.87. The minimum Gasteiger partial charge on any atom is -0.480 e. The van der Waals surface area contributed by atoms with Crippen LogP contribution in [0.5, 0.6) is 0 Å². The van der Waals surface area contributed by atoms with Gasteiger partial charge in [-0.05, 0) is 49.4 Å². The molecule has 0 saturated heterocycles. The summed E-state index contributed by atoms with van der Waals surface area (Å²) < 4.78 is 1.10. The standard InChI is InChI=1S/C15H20BrNO2/c1-3-10(2)17(9-15(18)19)14-7-4-11-8-12(16)5-6-13(11)14/h5-6,8,10,14H,3-4,7,9H2,1-2H3,(H,18,19). The number of carboxylic acid groups (broad SMARTS) is 1. The first-order valence-electron chi connectivity index (χ1n) is 6.78. The van der Waals surface area contributed by atoms with Gasteiger partial charge in [-0.2, -0.15) is 0 Å². The summed E-state index contributed by atoms with van der Waals surface area (Å²) in [5, 5.41) is 9.13. The van der Waals surface area contributed by atoms with Gasteiger partial charge in [-0.25, -0.2) is 0 Å². The van der Waals surface area contributed by atoms with Crippen molar-refractivity contribution >= 4 is 21.9 Å². The molecule has 19 heavy (non-hydrogen) atoms. The number of aliphatic carboxylic acids is 1. The van der Waals surface area contributed by atoms with Crippen LogP contribution in [0.25, 0.3) is 0 Å². The third kappa shape index (κ3) is 3.18. The molecule has 1 aliphatic rings. The number of benzene rings is 1. The SMILES string of the molecule is CCC(C)N(CC(=O)O)C1CCc2cc(Br)ccc21. The Hall–Kier alpha value is -0.870. The molecule has 1 aromatic rings. The summed E-state index contributed by atoms with van der Waals surface area (Å²) in [6.07, 6.45) is 3.02. The monoisotopic (exact) mass is 325 g/mol. The first-order chi connectivity index (χ1) is 9.02. The molecule has 0 saturated carbocycles. The molecule has 0 bridgehead atoms. The van der Waals surface area contributed by atoms with Crippen molar-refractivity contribution in [2.45, 2.75) is 45.2 Å². The second kappa shape index (κ2) is 6.06. The highest BCUT2D eigenvalue weighted by atomic mass is 79.9. The maximum absolute atomic E-state index is 11.1. The van der Waals surface area contributed by atoms with Crippen LogP contribution < -0.4 is 0 Å². The van der Waals surface area contributed by atoms with Crippen molar-refractivity contribution in [2.24, 2.45) is 0 Å². The molecule has 2 unspecified atom stereocenters. The van der Waals surface area contributed by atoms with E-state index in [1.54, 1.807) is 0 Å². The van der Waals surface area contributed by atoms with E-state index in [2.05, 4.69) is 46.8 Å². The van der Waals surface area contributed by atoms with E-state index in [4.69, 9.17) is 5.11 Å². The number of nitrogens with zero attached hydrogens (tertiary/aromatic N) is 1. The summed E-state index contributed by atoms with van der Waals surface area (Å²) in [5.74, 6) is -0.745. The van der Waals surface area contributed by atoms with Gasteiger partial charge in [0.15, 0.2) is 0 Å². The minimum atomic E-state index is -0.745. The van der Waals surface area contributed by atoms with E-state index in [0.29, 0.717) is 0 Å².